The molecule has 0 aliphatic carbocycles. The van der Waals surface area contributed by atoms with Crippen molar-refractivity contribution in [2.75, 3.05) is 13.2 Å². The highest BCUT2D eigenvalue weighted by atomic mass is 16.5. The van der Waals surface area contributed by atoms with Crippen LogP contribution in [0.4, 0.5) is 0 Å². The minimum absolute atomic E-state index is 0.606. The van der Waals surface area contributed by atoms with Crippen LogP contribution in [0.25, 0.3) is 0 Å². The number of benzene rings is 1. The molecule has 2 N–H and O–H groups in total. The third-order valence-electron chi connectivity index (χ3n) is 2.18. The number of hydrogen-bond acceptors (Lipinski definition) is 3. The third kappa shape index (κ3) is 3.24. The maximum Gasteiger partial charge on any atom is 0.325 e. The zero-order valence-electron chi connectivity index (χ0n) is 9.56. The Bertz CT molecular complexity index is 335. The summed E-state index contributed by atoms with van der Waals surface area (Å²) in [5.74, 6) is -0.113. The van der Waals surface area contributed by atoms with Crippen molar-refractivity contribution in [1.82, 2.24) is 5.32 Å². The zero-order chi connectivity index (χ0) is 12.0. The van der Waals surface area contributed by atoms with Crippen molar-refractivity contribution >= 4 is 5.97 Å². The van der Waals surface area contributed by atoms with Crippen LogP contribution in [-0.4, -0.2) is 24.2 Å². The largest absolute Gasteiger partial charge is 0.494 e. The fourth-order valence-electron chi connectivity index (χ4n) is 1.48. The van der Waals surface area contributed by atoms with E-state index in [1.54, 1.807) is 24.3 Å². The van der Waals surface area contributed by atoms with Crippen molar-refractivity contribution < 1.29 is 14.6 Å². The van der Waals surface area contributed by atoms with Crippen LogP contribution in [0.2, 0.25) is 0 Å². The highest BCUT2D eigenvalue weighted by Crippen LogP contribution is 2.18. The molecule has 0 aromatic heterocycles. The number of carboxylic acid groups (broad SMARTS) is 1. The van der Waals surface area contributed by atoms with Gasteiger partial charge in [-0.2, -0.15) is 0 Å². The second-order valence-corrected chi connectivity index (χ2v) is 3.33. The van der Waals surface area contributed by atoms with E-state index in [9.17, 15) is 4.79 Å². The van der Waals surface area contributed by atoms with E-state index in [1.165, 1.54) is 0 Å². The first-order valence-electron chi connectivity index (χ1n) is 5.38. The Balaban J connectivity index is 2.81. The summed E-state index contributed by atoms with van der Waals surface area (Å²) in [5, 5.41) is 11.9. The second-order valence-electron chi connectivity index (χ2n) is 3.33. The molecule has 1 atom stereocenters. The highest BCUT2D eigenvalue weighted by Gasteiger charge is 2.17. The summed E-state index contributed by atoms with van der Waals surface area (Å²) in [6.07, 6.45) is 0. The molecule has 0 aliphatic rings. The minimum atomic E-state index is -0.869. The van der Waals surface area contributed by atoms with Gasteiger partial charge >= 0.3 is 5.97 Å². The molecule has 16 heavy (non-hydrogen) atoms. The molecule has 0 fully saturated rings. The number of carbonyl (C=O) groups is 1. The number of hydrogen-bond donors (Lipinski definition) is 2. The quantitative estimate of drug-likeness (QED) is 0.772. The zero-order valence-corrected chi connectivity index (χ0v) is 9.56. The molecule has 1 rings (SSSR count). The van der Waals surface area contributed by atoms with Crippen LogP contribution < -0.4 is 10.1 Å². The molecule has 0 aliphatic heterocycles. The number of nitrogens with one attached hydrogen (secondary N) is 1. The summed E-state index contributed by atoms with van der Waals surface area (Å²) in [7, 11) is 0. The lowest BCUT2D eigenvalue weighted by molar-refractivity contribution is -0.139. The van der Waals surface area contributed by atoms with E-state index in [0.717, 1.165) is 11.3 Å². The molecular weight excluding hydrogens is 206 g/mol. The average Bonchev–Trinajstić information content (AvgIpc) is 2.27. The summed E-state index contributed by atoms with van der Waals surface area (Å²) in [6, 6.07) is 6.46. The van der Waals surface area contributed by atoms with Gasteiger partial charge in [0.25, 0.3) is 0 Å². The summed E-state index contributed by atoms with van der Waals surface area (Å²) in [5.41, 5.74) is 0.734. The van der Waals surface area contributed by atoms with Gasteiger partial charge in [0.2, 0.25) is 0 Å². The van der Waals surface area contributed by atoms with Gasteiger partial charge in [-0.05, 0) is 31.2 Å². The van der Waals surface area contributed by atoms with Crippen molar-refractivity contribution in [2.24, 2.45) is 0 Å². The Kier molecular flexibility index (Phi) is 4.79. The van der Waals surface area contributed by atoms with Gasteiger partial charge in [-0.1, -0.05) is 19.1 Å². The van der Waals surface area contributed by atoms with Crippen LogP contribution in [0.5, 0.6) is 5.75 Å². The molecule has 0 spiro atoms. The van der Waals surface area contributed by atoms with Gasteiger partial charge in [0.15, 0.2) is 0 Å². The minimum Gasteiger partial charge on any atom is -0.494 e. The number of aliphatic carboxylic acids is 1. The lowest BCUT2D eigenvalue weighted by atomic mass is 10.1. The molecule has 4 nitrogen and oxygen atoms in total. The molecular formula is C12H17NO3. The standard InChI is InChI=1S/C12H17NO3/c1-3-13-11(12(14)15)9-5-7-10(8-6-9)16-4-2/h5-8,11,13H,3-4H2,1-2H3,(H,14,15). The first-order valence-corrected chi connectivity index (χ1v) is 5.38. The van der Waals surface area contributed by atoms with E-state index < -0.39 is 12.0 Å². The van der Waals surface area contributed by atoms with E-state index in [1.807, 2.05) is 13.8 Å². The summed E-state index contributed by atoms with van der Waals surface area (Å²) < 4.78 is 5.29. The first kappa shape index (κ1) is 12.5. The van der Waals surface area contributed by atoms with Crippen molar-refractivity contribution in [3.8, 4) is 5.75 Å². The van der Waals surface area contributed by atoms with Crippen molar-refractivity contribution in [3.63, 3.8) is 0 Å². The number of rotatable bonds is 6. The van der Waals surface area contributed by atoms with Gasteiger partial charge in [-0.15, -0.1) is 0 Å². The molecule has 1 aromatic carbocycles. The molecule has 1 aromatic rings. The predicted octanol–water partition coefficient (Wildman–Crippen LogP) is 1.82. The van der Waals surface area contributed by atoms with E-state index in [4.69, 9.17) is 9.84 Å². The molecule has 0 saturated carbocycles. The summed E-state index contributed by atoms with van der Waals surface area (Å²) in [6.45, 7) is 5.01. The first-order chi connectivity index (χ1) is 7.69. The predicted molar refractivity (Wildman–Crippen MR) is 61.7 cm³/mol. The second kappa shape index (κ2) is 6.12. The molecule has 1 unspecified atom stereocenters. The van der Waals surface area contributed by atoms with Gasteiger partial charge in [-0.25, -0.2) is 0 Å². The van der Waals surface area contributed by atoms with Crippen LogP contribution in [0.1, 0.15) is 25.5 Å². The van der Waals surface area contributed by atoms with Crippen LogP contribution in [0.15, 0.2) is 24.3 Å². The van der Waals surface area contributed by atoms with Gasteiger partial charge in [0, 0.05) is 0 Å². The molecule has 4 heteroatoms. The van der Waals surface area contributed by atoms with Gasteiger partial charge in [-0.3, -0.25) is 4.79 Å². The summed E-state index contributed by atoms with van der Waals surface area (Å²) in [4.78, 5) is 11.0. The van der Waals surface area contributed by atoms with Crippen molar-refractivity contribution in [3.05, 3.63) is 29.8 Å². The Hall–Kier alpha value is -1.55. The van der Waals surface area contributed by atoms with Crippen molar-refractivity contribution in [1.29, 1.82) is 0 Å². The van der Waals surface area contributed by atoms with Crippen LogP contribution in [-0.2, 0) is 4.79 Å². The van der Waals surface area contributed by atoms with Gasteiger partial charge < -0.3 is 15.2 Å². The van der Waals surface area contributed by atoms with Crippen molar-refractivity contribution in [2.45, 2.75) is 19.9 Å². The summed E-state index contributed by atoms with van der Waals surface area (Å²) >= 11 is 0. The molecule has 0 saturated heterocycles. The third-order valence-corrected chi connectivity index (χ3v) is 2.18. The Morgan fingerprint density at radius 1 is 1.38 bits per heavy atom. The monoisotopic (exact) mass is 223 g/mol. The topological polar surface area (TPSA) is 58.6 Å². The lowest BCUT2D eigenvalue weighted by Crippen LogP contribution is -2.28. The average molecular weight is 223 g/mol. The fraction of sp³-hybridized carbons (Fsp3) is 0.417. The molecule has 0 amide bonds. The Morgan fingerprint density at radius 3 is 2.44 bits per heavy atom. The highest BCUT2D eigenvalue weighted by molar-refractivity contribution is 5.75. The smallest absolute Gasteiger partial charge is 0.325 e. The molecule has 88 valence electrons. The Morgan fingerprint density at radius 2 is 2.00 bits per heavy atom. The van der Waals surface area contributed by atoms with Crippen LogP contribution in [0.3, 0.4) is 0 Å². The fourth-order valence-corrected chi connectivity index (χ4v) is 1.48. The van der Waals surface area contributed by atoms with Gasteiger partial charge in [0.05, 0.1) is 6.61 Å². The lowest BCUT2D eigenvalue weighted by Gasteiger charge is -2.13. The number of likely N-dealkylation sites (N-methyl/N-ethyl adjacent to an activating group) is 1. The SMILES string of the molecule is CCNC(C(=O)O)c1ccc(OCC)cc1. The van der Waals surface area contributed by atoms with E-state index in [-0.39, 0.29) is 0 Å². The van der Waals surface area contributed by atoms with Gasteiger partial charge in [0.1, 0.15) is 11.8 Å². The van der Waals surface area contributed by atoms with Crippen LogP contribution >= 0.6 is 0 Å². The molecule has 0 bridgehead atoms. The number of carboxylic acids is 1. The molecule has 0 radical (unpaired) electrons. The van der Waals surface area contributed by atoms with Crippen LogP contribution in [0, 0.1) is 0 Å². The van der Waals surface area contributed by atoms with E-state index >= 15 is 0 Å². The Labute approximate surface area is 95.2 Å². The number of ether oxygens (including phenoxy) is 1. The maximum atomic E-state index is 11.0. The van der Waals surface area contributed by atoms with E-state index in [0.29, 0.717) is 13.2 Å². The molecule has 0 heterocycles. The normalized spacial score (nSPS) is 12.1. The maximum absolute atomic E-state index is 11.0. The van der Waals surface area contributed by atoms with E-state index in [2.05, 4.69) is 5.32 Å².